The second kappa shape index (κ2) is 9.20. The second-order valence-corrected chi connectivity index (χ2v) is 9.00. The van der Waals surface area contributed by atoms with Crippen LogP contribution in [0.2, 0.25) is 0 Å². The van der Waals surface area contributed by atoms with E-state index < -0.39 is 6.10 Å². The van der Waals surface area contributed by atoms with Crippen LogP contribution in [-0.2, 0) is 0 Å². The SMILES string of the molecule is CCOc1ccc([C@@H]2C3=C(Nc4ncnn42)c2cc(C)ccc2O[C@H]3c2cccc(OC)c2)cc1OC. The van der Waals surface area contributed by atoms with Gasteiger partial charge in [0.05, 0.1) is 26.5 Å². The van der Waals surface area contributed by atoms with E-state index in [1.165, 1.54) is 0 Å². The maximum atomic E-state index is 6.73. The molecule has 0 unspecified atom stereocenters. The molecule has 0 saturated carbocycles. The summed E-state index contributed by atoms with van der Waals surface area (Å²) in [6.45, 7) is 4.58. The molecule has 8 heteroatoms. The molecule has 3 aromatic carbocycles. The summed E-state index contributed by atoms with van der Waals surface area (Å²) in [6.07, 6.45) is 1.17. The molecule has 188 valence electrons. The summed E-state index contributed by atoms with van der Waals surface area (Å²) >= 11 is 0. The van der Waals surface area contributed by atoms with Gasteiger partial charge in [0.25, 0.3) is 0 Å². The lowest BCUT2D eigenvalue weighted by Crippen LogP contribution is -2.32. The van der Waals surface area contributed by atoms with Crippen molar-refractivity contribution in [2.75, 3.05) is 26.1 Å². The lowest BCUT2D eigenvalue weighted by Gasteiger charge is -2.39. The van der Waals surface area contributed by atoms with Crippen LogP contribution in [-0.4, -0.2) is 35.6 Å². The number of fused-ring (bicyclic) bond motifs is 3. The molecule has 8 nitrogen and oxygen atoms in total. The number of nitrogens with zero attached hydrogens (tertiary/aromatic N) is 3. The Kier molecular flexibility index (Phi) is 5.71. The van der Waals surface area contributed by atoms with Crippen molar-refractivity contribution in [1.29, 1.82) is 0 Å². The van der Waals surface area contributed by atoms with E-state index in [0.29, 0.717) is 24.1 Å². The number of ether oxygens (including phenoxy) is 4. The van der Waals surface area contributed by atoms with E-state index in [0.717, 1.165) is 45.0 Å². The van der Waals surface area contributed by atoms with Crippen LogP contribution in [0.4, 0.5) is 5.95 Å². The van der Waals surface area contributed by atoms with Gasteiger partial charge in [-0.3, -0.25) is 0 Å². The number of hydrogen-bond acceptors (Lipinski definition) is 7. The van der Waals surface area contributed by atoms with Crippen molar-refractivity contribution in [3.05, 3.63) is 94.8 Å². The van der Waals surface area contributed by atoms with Crippen LogP contribution in [0.25, 0.3) is 5.70 Å². The summed E-state index contributed by atoms with van der Waals surface area (Å²) in [4.78, 5) is 4.52. The monoisotopic (exact) mass is 496 g/mol. The Balaban J connectivity index is 1.60. The molecular weight excluding hydrogens is 468 g/mol. The Morgan fingerprint density at radius 3 is 2.68 bits per heavy atom. The lowest BCUT2D eigenvalue weighted by atomic mass is 9.84. The minimum Gasteiger partial charge on any atom is -0.497 e. The van der Waals surface area contributed by atoms with Gasteiger partial charge in [0.15, 0.2) is 11.5 Å². The number of methoxy groups -OCH3 is 2. The molecule has 2 atom stereocenters. The van der Waals surface area contributed by atoms with E-state index in [1.54, 1.807) is 20.5 Å². The van der Waals surface area contributed by atoms with Gasteiger partial charge >= 0.3 is 0 Å². The highest BCUT2D eigenvalue weighted by Gasteiger charge is 2.41. The zero-order chi connectivity index (χ0) is 25.5. The number of nitrogens with one attached hydrogen (secondary N) is 1. The highest BCUT2D eigenvalue weighted by Crippen LogP contribution is 2.51. The van der Waals surface area contributed by atoms with Crippen molar-refractivity contribution >= 4 is 11.6 Å². The molecule has 0 bridgehead atoms. The first-order valence-electron chi connectivity index (χ1n) is 12.2. The molecule has 0 aliphatic carbocycles. The van der Waals surface area contributed by atoms with Crippen LogP contribution < -0.4 is 24.3 Å². The molecular formula is C29H28N4O4. The van der Waals surface area contributed by atoms with Gasteiger partial charge in [0, 0.05) is 16.7 Å². The second-order valence-electron chi connectivity index (χ2n) is 9.00. The summed E-state index contributed by atoms with van der Waals surface area (Å²) in [6, 6.07) is 19.9. The van der Waals surface area contributed by atoms with Crippen LogP contribution >= 0.6 is 0 Å². The first-order chi connectivity index (χ1) is 18.1. The summed E-state index contributed by atoms with van der Waals surface area (Å²) < 4.78 is 25.7. The number of anilines is 1. The molecule has 0 saturated heterocycles. The Bertz CT molecular complexity index is 1510. The van der Waals surface area contributed by atoms with Gasteiger partial charge in [-0.2, -0.15) is 10.1 Å². The van der Waals surface area contributed by atoms with E-state index >= 15 is 0 Å². The first kappa shape index (κ1) is 23.0. The number of aryl methyl sites for hydroxylation is 1. The number of rotatable bonds is 6. The van der Waals surface area contributed by atoms with Gasteiger partial charge in [-0.25, -0.2) is 4.68 Å². The minimum absolute atomic E-state index is 0.303. The zero-order valence-corrected chi connectivity index (χ0v) is 21.2. The van der Waals surface area contributed by atoms with E-state index in [4.69, 9.17) is 18.9 Å². The molecule has 0 spiro atoms. The third kappa shape index (κ3) is 3.85. The summed E-state index contributed by atoms with van der Waals surface area (Å²) in [5.74, 6) is 3.59. The van der Waals surface area contributed by atoms with Gasteiger partial charge in [-0.1, -0.05) is 29.8 Å². The van der Waals surface area contributed by atoms with Crippen molar-refractivity contribution in [2.45, 2.75) is 26.0 Å². The van der Waals surface area contributed by atoms with Crippen molar-refractivity contribution in [2.24, 2.45) is 0 Å². The van der Waals surface area contributed by atoms with Crippen LogP contribution in [0.3, 0.4) is 0 Å². The standard InChI is InChI=1S/C29H28N4O4/c1-5-36-23-12-10-18(15-24(23)35-4)27-25-26(32-29-30-16-31-33(27)29)21-13-17(2)9-11-22(21)37-28(25)19-7-6-8-20(14-19)34-3/h6-16,27-28H,5H2,1-4H3,(H,30,31,32)/t27-,28+/m1/s1. The first-order valence-corrected chi connectivity index (χ1v) is 12.2. The van der Waals surface area contributed by atoms with Crippen molar-refractivity contribution in [3.63, 3.8) is 0 Å². The van der Waals surface area contributed by atoms with E-state index in [2.05, 4.69) is 40.5 Å². The number of aromatic nitrogens is 3. The molecule has 2 aliphatic heterocycles. The number of benzene rings is 3. The zero-order valence-electron chi connectivity index (χ0n) is 21.2. The fraction of sp³-hybridized carbons (Fsp3) is 0.241. The van der Waals surface area contributed by atoms with Crippen LogP contribution in [0, 0.1) is 6.92 Å². The number of hydrogen-bond donors (Lipinski definition) is 1. The topological polar surface area (TPSA) is 79.7 Å². The minimum atomic E-state index is -0.396. The Hall–Kier alpha value is -4.46. The molecule has 37 heavy (non-hydrogen) atoms. The lowest BCUT2D eigenvalue weighted by molar-refractivity contribution is 0.222. The predicted molar refractivity (Wildman–Crippen MR) is 140 cm³/mol. The summed E-state index contributed by atoms with van der Waals surface area (Å²) in [7, 11) is 3.32. The molecule has 6 rings (SSSR count). The third-order valence-corrected chi connectivity index (χ3v) is 6.77. The maximum Gasteiger partial charge on any atom is 0.226 e. The van der Waals surface area contributed by atoms with Gasteiger partial charge in [-0.05, 0) is 55.8 Å². The largest absolute Gasteiger partial charge is 0.497 e. The maximum absolute atomic E-state index is 6.73. The molecule has 1 N–H and O–H groups in total. The Morgan fingerprint density at radius 1 is 0.973 bits per heavy atom. The van der Waals surface area contributed by atoms with Crippen molar-refractivity contribution < 1.29 is 18.9 Å². The van der Waals surface area contributed by atoms with Gasteiger partial charge in [0.2, 0.25) is 5.95 Å². The molecule has 0 radical (unpaired) electrons. The molecule has 0 fully saturated rings. The van der Waals surface area contributed by atoms with E-state index in [9.17, 15) is 0 Å². The Morgan fingerprint density at radius 2 is 1.86 bits per heavy atom. The summed E-state index contributed by atoms with van der Waals surface area (Å²) in [5, 5.41) is 8.16. The van der Waals surface area contributed by atoms with Crippen molar-refractivity contribution in [1.82, 2.24) is 14.8 Å². The molecule has 2 aliphatic rings. The quantitative estimate of drug-likeness (QED) is 0.374. The van der Waals surface area contributed by atoms with Crippen LogP contribution in [0.5, 0.6) is 23.0 Å². The average Bonchev–Trinajstić information content (AvgIpc) is 3.40. The average molecular weight is 497 g/mol. The van der Waals surface area contributed by atoms with E-state index in [1.807, 2.05) is 54.1 Å². The van der Waals surface area contributed by atoms with Gasteiger partial charge in [0.1, 0.15) is 30.0 Å². The fourth-order valence-electron chi connectivity index (χ4n) is 5.11. The van der Waals surface area contributed by atoms with Crippen molar-refractivity contribution in [3.8, 4) is 23.0 Å². The molecule has 4 aromatic rings. The smallest absolute Gasteiger partial charge is 0.226 e. The van der Waals surface area contributed by atoms with E-state index in [-0.39, 0.29) is 6.04 Å². The van der Waals surface area contributed by atoms with Crippen LogP contribution in [0.1, 0.15) is 41.3 Å². The van der Waals surface area contributed by atoms with Gasteiger partial charge < -0.3 is 24.3 Å². The normalized spacial score (nSPS) is 17.6. The fourth-order valence-corrected chi connectivity index (χ4v) is 5.11. The van der Waals surface area contributed by atoms with Crippen LogP contribution in [0.15, 0.2) is 72.6 Å². The molecule has 0 amide bonds. The third-order valence-electron chi connectivity index (χ3n) is 6.77. The van der Waals surface area contributed by atoms with Gasteiger partial charge in [-0.15, -0.1) is 0 Å². The highest BCUT2D eigenvalue weighted by molar-refractivity contribution is 5.85. The predicted octanol–water partition coefficient (Wildman–Crippen LogP) is 5.56. The highest BCUT2D eigenvalue weighted by atomic mass is 16.5. The molecule has 1 aromatic heterocycles. The molecule has 3 heterocycles. The summed E-state index contributed by atoms with van der Waals surface area (Å²) in [5.41, 5.74) is 6.08. The Labute approximate surface area is 215 Å².